The van der Waals surface area contributed by atoms with Crippen LogP contribution in [0.25, 0.3) is 0 Å². The number of carboxylic acid groups (broad SMARTS) is 1. The van der Waals surface area contributed by atoms with E-state index in [-0.39, 0.29) is 21.6 Å². The van der Waals surface area contributed by atoms with E-state index in [0.29, 0.717) is 18.4 Å². The molecule has 3 N–H and O–H groups in total. The Morgan fingerprint density at radius 3 is 2.58 bits per heavy atom. The third kappa shape index (κ3) is 3.08. The summed E-state index contributed by atoms with van der Waals surface area (Å²) in [5.74, 6) is -1.11. The molecule has 0 heterocycles. The van der Waals surface area contributed by atoms with Gasteiger partial charge < -0.3 is 10.8 Å². The lowest BCUT2D eigenvalue weighted by atomic mass is 10.1. The Kier molecular flexibility index (Phi) is 3.85. The van der Waals surface area contributed by atoms with Gasteiger partial charge in [-0.2, -0.15) is 0 Å². The van der Waals surface area contributed by atoms with Crippen LogP contribution in [0.3, 0.4) is 0 Å². The minimum Gasteiger partial charge on any atom is -0.480 e. The summed E-state index contributed by atoms with van der Waals surface area (Å²) in [6.45, 7) is 0. The van der Waals surface area contributed by atoms with Gasteiger partial charge in [0.05, 0.1) is 15.2 Å². The van der Waals surface area contributed by atoms with Crippen LogP contribution in [0.15, 0.2) is 23.1 Å². The third-order valence-corrected chi connectivity index (χ3v) is 5.78. The van der Waals surface area contributed by atoms with Gasteiger partial charge in [-0.1, -0.05) is 17.7 Å². The van der Waals surface area contributed by atoms with E-state index < -0.39 is 21.8 Å². The number of halogens is 1. The summed E-state index contributed by atoms with van der Waals surface area (Å²) in [5.41, 5.74) is 6.03. The van der Waals surface area contributed by atoms with Crippen LogP contribution in [0, 0.1) is 0 Å². The molecule has 1 fully saturated rings. The fourth-order valence-electron chi connectivity index (χ4n) is 1.80. The fourth-order valence-corrected chi connectivity index (χ4v) is 4.03. The average molecular weight is 304 g/mol. The highest BCUT2D eigenvalue weighted by Crippen LogP contribution is 2.36. The molecule has 1 aromatic carbocycles. The van der Waals surface area contributed by atoms with Crippen molar-refractivity contribution in [1.29, 1.82) is 0 Å². The van der Waals surface area contributed by atoms with Crippen LogP contribution in [0.5, 0.6) is 0 Å². The second-order valence-electron chi connectivity index (χ2n) is 4.66. The molecule has 7 heteroatoms. The van der Waals surface area contributed by atoms with Crippen molar-refractivity contribution in [1.82, 2.24) is 0 Å². The van der Waals surface area contributed by atoms with Crippen molar-refractivity contribution in [2.75, 3.05) is 0 Å². The van der Waals surface area contributed by atoms with Gasteiger partial charge in [-0.15, -0.1) is 0 Å². The van der Waals surface area contributed by atoms with Crippen LogP contribution in [0.4, 0.5) is 0 Å². The minimum absolute atomic E-state index is 0.110. The number of carbonyl (C=O) groups is 1. The summed E-state index contributed by atoms with van der Waals surface area (Å²) in [5, 5.41) is 8.53. The van der Waals surface area contributed by atoms with Crippen LogP contribution < -0.4 is 5.73 Å². The Morgan fingerprint density at radius 1 is 1.47 bits per heavy atom. The van der Waals surface area contributed by atoms with E-state index in [2.05, 4.69) is 0 Å². The molecule has 0 saturated heterocycles. The lowest BCUT2D eigenvalue weighted by molar-refractivity contribution is -0.138. The van der Waals surface area contributed by atoms with Crippen molar-refractivity contribution in [2.45, 2.75) is 35.4 Å². The second kappa shape index (κ2) is 5.11. The van der Waals surface area contributed by atoms with E-state index in [9.17, 15) is 13.2 Å². The fraction of sp³-hybridized carbons (Fsp3) is 0.417. The van der Waals surface area contributed by atoms with Crippen LogP contribution in [0.2, 0.25) is 5.02 Å². The van der Waals surface area contributed by atoms with Gasteiger partial charge in [0.1, 0.15) is 6.04 Å². The summed E-state index contributed by atoms with van der Waals surface area (Å²) in [6.07, 6.45) is 1.45. The number of hydrogen-bond acceptors (Lipinski definition) is 4. The average Bonchev–Trinajstić information content (AvgIpc) is 3.12. The Bertz CT molecular complexity index is 610. The van der Waals surface area contributed by atoms with Crippen molar-refractivity contribution >= 4 is 27.4 Å². The topological polar surface area (TPSA) is 97.5 Å². The normalized spacial score (nSPS) is 17.2. The largest absolute Gasteiger partial charge is 0.480 e. The van der Waals surface area contributed by atoms with Gasteiger partial charge in [0, 0.05) is 0 Å². The molecule has 0 radical (unpaired) electrons. The highest BCUT2D eigenvalue weighted by atomic mass is 35.5. The molecule has 0 spiro atoms. The quantitative estimate of drug-likeness (QED) is 0.852. The summed E-state index contributed by atoms with van der Waals surface area (Å²) < 4.78 is 24.1. The van der Waals surface area contributed by atoms with Gasteiger partial charge in [0.2, 0.25) is 0 Å². The first-order valence-electron chi connectivity index (χ1n) is 5.83. The number of hydrogen-bond donors (Lipinski definition) is 2. The first kappa shape index (κ1) is 14.3. The first-order chi connectivity index (χ1) is 8.82. The zero-order valence-corrected chi connectivity index (χ0v) is 11.6. The standard InChI is InChI=1S/C12H14ClNO4S/c13-9-5-7(6-10(14)12(15)16)1-4-11(9)19(17,18)8-2-3-8/h1,4-5,8,10H,2-3,6,14H2,(H,15,16). The van der Waals surface area contributed by atoms with Gasteiger partial charge in [-0.3, -0.25) is 4.79 Å². The van der Waals surface area contributed by atoms with Crippen LogP contribution in [-0.4, -0.2) is 30.8 Å². The molecular weight excluding hydrogens is 290 g/mol. The molecule has 0 aliphatic heterocycles. The third-order valence-electron chi connectivity index (χ3n) is 3.04. The predicted octanol–water partition coefficient (Wildman–Crippen LogP) is 1.23. The van der Waals surface area contributed by atoms with Crippen LogP contribution in [-0.2, 0) is 21.1 Å². The van der Waals surface area contributed by atoms with Gasteiger partial charge >= 0.3 is 5.97 Å². The Morgan fingerprint density at radius 2 is 2.11 bits per heavy atom. The maximum Gasteiger partial charge on any atom is 0.320 e. The molecule has 1 atom stereocenters. The van der Waals surface area contributed by atoms with E-state index in [1.807, 2.05) is 0 Å². The summed E-state index contributed by atoms with van der Waals surface area (Å²) in [4.78, 5) is 10.8. The number of aliphatic carboxylic acids is 1. The minimum atomic E-state index is -3.34. The molecule has 1 unspecified atom stereocenters. The zero-order chi connectivity index (χ0) is 14.2. The van der Waals surface area contributed by atoms with Crippen molar-refractivity contribution < 1.29 is 18.3 Å². The van der Waals surface area contributed by atoms with Gasteiger partial charge in [-0.05, 0) is 37.0 Å². The molecule has 1 aliphatic carbocycles. The van der Waals surface area contributed by atoms with Crippen molar-refractivity contribution in [3.8, 4) is 0 Å². The maximum atomic E-state index is 12.1. The Balaban J connectivity index is 2.25. The molecule has 5 nitrogen and oxygen atoms in total. The number of rotatable bonds is 5. The van der Waals surface area contributed by atoms with E-state index in [4.69, 9.17) is 22.4 Å². The summed E-state index contributed by atoms with van der Waals surface area (Å²) >= 11 is 5.98. The molecule has 1 saturated carbocycles. The Hall–Kier alpha value is -1.11. The molecular formula is C12H14ClNO4S. The highest BCUT2D eigenvalue weighted by molar-refractivity contribution is 7.92. The molecule has 104 valence electrons. The van der Waals surface area contributed by atoms with Crippen molar-refractivity contribution in [2.24, 2.45) is 5.73 Å². The zero-order valence-electron chi connectivity index (χ0n) is 10.0. The van der Waals surface area contributed by atoms with E-state index in [0.717, 1.165) is 0 Å². The maximum absolute atomic E-state index is 12.1. The number of benzene rings is 1. The molecule has 1 aliphatic rings. The predicted molar refractivity (Wildman–Crippen MR) is 71.0 cm³/mol. The lowest BCUT2D eigenvalue weighted by Crippen LogP contribution is -2.32. The van der Waals surface area contributed by atoms with Crippen molar-refractivity contribution in [3.63, 3.8) is 0 Å². The van der Waals surface area contributed by atoms with E-state index in [1.165, 1.54) is 12.1 Å². The number of sulfone groups is 1. The second-order valence-corrected chi connectivity index (χ2v) is 7.26. The molecule has 0 amide bonds. The molecule has 1 aromatic rings. The molecule has 0 bridgehead atoms. The van der Waals surface area contributed by atoms with Crippen molar-refractivity contribution in [3.05, 3.63) is 28.8 Å². The summed E-state index contributed by atoms with van der Waals surface area (Å²) in [6, 6.07) is 3.44. The van der Waals surface area contributed by atoms with Gasteiger partial charge in [0.15, 0.2) is 9.84 Å². The SMILES string of the molecule is NC(Cc1ccc(S(=O)(=O)C2CC2)c(Cl)c1)C(=O)O. The van der Waals surface area contributed by atoms with Gasteiger partial charge in [-0.25, -0.2) is 8.42 Å². The highest BCUT2D eigenvalue weighted by Gasteiger charge is 2.38. The first-order valence-corrected chi connectivity index (χ1v) is 7.75. The smallest absolute Gasteiger partial charge is 0.320 e. The molecule has 0 aromatic heterocycles. The van der Waals surface area contributed by atoms with Crippen LogP contribution in [0.1, 0.15) is 18.4 Å². The van der Waals surface area contributed by atoms with E-state index >= 15 is 0 Å². The van der Waals surface area contributed by atoms with Crippen LogP contribution >= 0.6 is 11.6 Å². The summed E-state index contributed by atoms with van der Waals surface area (Å²) in [7, 11) is -3.34. The molecule has 2 rings (SSSR count). The lowest BCUT2D eigenvalue weighted by Gasteiger charge is -2.09. The number of nitrogens with two attached hydrogens (primary N) is 1. The number of carboxylic acids is 1. The molecule has 19 heavy (non-hydrogen) atoms. The van der Waals surface area contributed by atoms with E-state index in [1.54, 1.807) is 6.07 Å². The Labute approximate surface area is 116 Å². The monoisotopic (exact) mass is 303 g/mol. The van der Waals surface area contributed by atoms with Gasteiger partial charge in [0.25, 0.3) is 0 Å².